The highest BCUT2D eigenvalue weighted by atomic mass is 35.5. The zero-order valence-electron chi connectivity index (χ0n) is 12.5. The zero-order valence-corrected chi connectivity index (χ0v) is 13.4. The van der Waals surface area contributed by atoms with Gasteiger partial charge in [0.25, 0.3) is 0 Å². The van der Waals surface area contributed by atoms with Crippen molar-refractivity contribution >= 4 is 12.4 Å². The Kier molecular flexibility index (Phi) is 6.28. The minimum atomic E-state index is -0.414. The summed E-state index contributed by atoms with van der Waals surface area (Å²) in [6.45, 7) is 7.44. The summed E-state index contributed by atoms with van der Waals surface area (Å²) < 4.78 is 0. The van der Waals surface area contributed by atoms with Crippen molar-refractivity contribution in [3.63, 3.8) is 0 Å². The Bertz CT molecular complexity index is 462. The van der Waals surface area contributed by atoms with E-state index in [-0.39, 0.29) is 36.6 Å². The average molecular weight is 317 g/mol. The standard InChI is InChI=1S/C15H24N2O3.ClH/c1-15(2,10-18)14(17-7-5-16-6-8-17)12-9-11(19)3-4-13(12)20;/h3-4,9,14,16,18-20H,5-8,10H2,1-2H3;1H/t14-;/m0./s1. The van der Waals surface area contributed by atoms with Crippen LogP contribution in [0.5, 0.6) is 11.5 Å². The normalized spacial score (nSPS) is 18.0. The van der Waals surface area contributed by atoms with E-state index in [9.17, 15) is 15.3 Å². The van der Waals surface area contributed by atoms with E-state index in [4.69, 9.17) is 0 Å². The number of nitrogens with one attached hydrogen (secondary N) is 1. The summed E-state index contributed by atoms with van der Waals surface area (Å²) in [7, 11) is 0. The van der Waals surface area contributed by atoms with Gasteiger partial charge in [0, 0.05) is 49.8 Å². The summed E-state index contributed by atoms with van der Waals surface area (Å²) in [6, 6.07) is 4.44. The third kappa shape index (κ3) is 4.01. The highest BCUT2D eigenvalue weighted by Gasteiger charge is 2.37. The van der Waals surface area contributed by atoms with Gasteiger partial charge in [-0.1, -0.05) is 13.8 Å². The Labute approximate surface area is 132 Å². The van der Waals surface area contributed by atoms with Crippen LogP contribution in [0.1, 0.15) is 25.5 Å². The summed E-state index contributed by atoms with van der Waals surface area (Å²) in [5.41, 5.74) is 0.258. The molecule has 120 valence electrons. The maximum Gasteiger partial charge on any atom is 0.120 e. The van der Waals surface area contributed by atoms with Crippen LogP contribution in [0.15, 0.2) is 18.2 Å². The topological polar surface area (TPSA) is 76.0 Å². The number of piperazine rings is 1. The van der Waals surface area contributed by atoms with E-state index in [2.05, 4.69) is 10.2 Å². The van der Waals surface area contributed by atoms with E-state index < -0.39 is 5.41 Å². The van der Waals surface area contributed by atoms with E-state index in [1.165, 1.54) is 12.1 Å². The number of hydrogen-bond donors (Lipinski definition) is 4. The minimum absolute atomic E-state index is 0. The molecule has 21 heavy (non-hydrogen) atoms. The number of hydrogen-bond acceptors (Lipinski definition) is 5. The molecule has 0 aromatic heterocycles. The summed E-state index contributed by atoms with van der Waals surface area (Å²) in [5.74, 6) is 0.291. The average Bonchev–Trinajstić information content (AvgIpc) is 2.44. The lowest BCUT2D eigenvalue weighted by Gasteiger charge is -2.43. The molecule has 4 N–H and O–H groups in total. The lowest BCUT2D eigenvalue weighted by Crippen LogP contribution is -2.49. The van der Waals surface area contributed by atoms with Gasteiger partial charge in [0.05, 0.1) is 0 Å². The largest absolute Gasteiger partial charge is 0.508 e. The monoisotopic (exact) mass is 316 g/mol. The molecule has 1 fully saturated rings. The van der Waals surface area contributed by atoms with Gasteiger partial charge in [0.15, 0.2) is 0 Å². The van der Waals surface area contributed by atoms with Crippen LogP contribution in [0.4, 0.5) is 0 Å². The number of aromatic hydroxyl groups is 2. The molecule has 1 aliphatic rings. The second-order valence-corrected chi connectivity index (χ2v) is 6.08. The van der Waals surface area contributed by atoms with Gasteiger partial charge >= 0.3 is 0 Å². The molecule has 0 bridgehead atoms. The fourth-order valence-electron chi connectivity index (χ4n) is 2.90. The molecule has 1 aliphatic heterocycles. The summed E-state index contributed by atoms with van der Waals surface area (Å²) in [6.07, 6.45) is 0. The van der Waals surface area contributed by atoms with Crippen LogP contribution in [0.25, 0.3) is 0 Å². The van der Waals surface area contributed by atoms with Crippen molar-refractivity contribution in [1.82, 2.24) is 10.2 Å². The lowest BCUT2D eigenvalue weighted by molar-refractivity contribution is 0.0292. The highest BCUT2D eigenvalue weighted by Crippen LogP contribution is 2.42. The Morgan fingerprint density at radius 3 is 2.43 bits per heavy atom. The van der Waals surface area contributed by atoms with Crippen LogP contribution in [0, 0.1) is 5.41 Å². The molecule has 2 rings (SSSR count). The van der Waals surface area contributed by atoms with Crippen LogP contribution in [0.3, 0.4) is 0 Å². The summed E-state index contributed by atoms with van der Waals surface area (Å²) >= 11 is 0. The van der Waals surface area contributed by atoms with E-state index >= 15 is 0 Å². The Hall–Kier alpha value is -1.01. The van der Waals surface area contributed by atoms with E-state index in [1.807, 2.05) is 13.8 Å². The van der Waals surface area contributed by atoms with Crippen LogP contribution >= 0.6 is 12.4 Å². The van der Waals surface area contributed by atoms with E-state index in [1.54, 1.807) is 6.07 Å². The van der Waals surface area contributed by atoms with Crippen LogP contribution in [0.2, 0.25) is 0 Å². The van der Waals surface area contributed by atoms with Gasteiger partial charge in [-0.05, 0) is 18.2 Å². The van der Waals surface area contributed by atoms with Crippen molar-refractivity contribution in [3.05, 3.63) is 23.8 Å². The molecule has 0 aliphatic carbocycles. The summed E-state index contributed by atoms with van der Waals surface area (Å²) in [4.78, 5) is 2.25. The molecule has 0 amide bonds. The first-order chi connectivity index (χ1) is 9.45. The molecule has 1 aromatic carbocycles. The molecule has 0 saturated carbocycles. The molecule has 6 heteroatoms. The lowest BCUT2D eigenvalue weighted by atomic mass is 9.79. The first-order valence-electron chi connectivity index (χ1n) is 7.03. The first-order valence-corrected chi connectivity index (χ1v) is 7.03. The second-order valence-electron chi connectivity index (χ2n) is 6.08. The molecule has 1 heterocycles. The van der Waals surface area contributed by atoms with Gasteiger partial charge in [-0.3, -0.25) is 4.90 Å². The third-order valence-corrected chi connectivity index (χ3v) is 3.97. The number of nitrogens with zero attached hydrogens (tertiary/aromatic N) is 1. The molecule has 0 spiro atoms. The van der Waals surface area contributed by atoms with Gasteiger partial charge in [0.2, 0.25) is 0 Å². The van der Waals surface area contributed by atoms with E-state index in [0.29, 0.717) is 5.56 Å². The quantitative estimate of drug-likeness (QED) is 0.633. The molecule has 1 atom stereocenters. The number of halogens is 1. The maximum absolute atomic E-state index is 10.2. The number of aliphatic hydroxyl groups excluding tert-OH is 1. The zero-order chi connectivity index (χ0) is 14.8. The van der Waals surface area contributed by atoms with Crippen molar-refractivity contribution in [2.45, 2.75) is 19.9 Å². The smallest absolute Gasteiger partial charge is 0.120 e. The van der Waals surface area contributed by atoms with E-state index in [0.717, 1.165) is 26.2 Å². The fraction of sp³-hybridized carbons (Fsp3) is 0.600. The highest BCUT2D eigenvalue weighted by molar-refractivity contribution is 5.85. The molecule has 1 aromatic rings. The van der Waals surface area contributed by atoms with Gasteiger partial charge in [-0.2, -0.15) is 0 Å². The molecule has 0 unspecified atom stereocenters. The second kappa shape index (κ2) is 7.31. The number of rotatable bonds is 4. The van der Waals surface area contributed by atoms with Crippen molar-refractivity contribution in [3.8, 4) is 11.5 Å². The molecule has 0 radical (unpaired) electrons. The number of phenols is 2. The molecular weight excluding hydrogens is 292 g/mol. The number of phenolic OH excluding ortho intramolecular Hbond substituents is 2. The fourth-order valence-corrected chi connectivity index (χ4v) is 2.90. The Morgan fingerprint density at radius 2 is 1.86 bits per heavy atom. The Morgan fingerprint density at radius 1 is 1.24 bits per heavy atom. The predicted molar refractivity (Wildman–Crippen MR) is 85.1 cm³/mol. The maximum atomic E-state index is 10.2. The minimum Gasteiger partial charge on any atom is -0.508 e. The van der Waals surface area contributed by atoms with Gasteiger partial charge in [-0.15, -0.1) is 12.4 Å². The molecular formula is C15H25ClN2O3. The summed E-state index contributed by atoms with van der Waals surface area (Å²) in [5, 5.41) is 32.9. The van der Waals surface area contributed by atoms with Crippen LogP contribution < -0.4 is 5.32 Å². The van der Waals surface area contributed by atoms with Crippen molar-refractivity contribution in [1.29, 1.82) is 0 Å². The van der Waals surface area contributed by atoms with Gasteiger partial charge in [-0.25, -0.2) is 0 Å². The first kappa shape index (κ1) is 18.0. The SMILES string of the molecule is CC(C)(CO)[C@H](c1cc(O)ccc1O)N1CCNCC1.Cl. The number of benzene rings is 1. The Balaban J connectivity index is 0.00000220. The van der Waals surface area contributed by atoms with Crippen molar-refractivity contribution in [2.24, 2.45) is 5.41 Å². The molecule has 5 nitrogen and oxygen atoms in total. The third-order valence-electron chi connectivity index (χ3n) is 3.97. The van der Waals surface area contributed by atoms with Gasteiger partial charge < -0.3 is 20.6 Å². The molecule has 1 saturated heterocycles. The van der Waals surface area contributed by atoms with Crippen molar-refractivity contribution in [2.75, 3.05) is 32.8 Å². The van der Waals surface area contributed by atoms with Crippen LogP contribution in [-0.2, 0) is 0 Å². The van der Waals surface area contributed by atoms with Crippen LogP contribution in [-0.4, -0.2) is 53.0 Å². The van der Waals surface area contributed by atoms with Crippen molar-refractivity contribution < 1.29 is 15.3 Å². The number of aliphatic hydroxyl groups is 1. The predicted octanol–water partition coefficient (Wildman–Crippen LogP) is 1.48. The van der Waals surface area contributed by atoms with Gasteiger partial charge in [0.1, 0.15) is 11.5 Å².